The quantitative estimate of drug-likeness (QED) is 0.617. The monoisotopic (exact) mass is 244 g/mol. The number of rotatable bonds is 10. The van der Waals surface area contributed by atoms with Gasteiger partial charge in [-0.1, -0.05) is 33.6 Å². The van der Waals surface area contributed by atoms with E-state index in [4.69, 9.17) is 5.11 Å². The van der Waals surface area contributed by atoms with E-state index in [1.807, 2.05) is 0 Å². The summed E-state index contributed by atoms with van der Waals surface area (Å²) in [5, 5.41) is 12.3. The molecule has 17 heavy (non-hydrogen) atoms. The molecule has 0 rings (SSSR count). The van der Waals surface area contributed by atoms with E-state index in [0.29, 0.717) is 6.42 Å². The molecule has 2 unspecified atom stereocenters. The smallest absolute Gasteiger partial charge is 0.320 e. The molecule has 0 aromatic carbocycles. The molecule has 0 saturated carbocycles. The first kappa shape index (κ1) is 16.4. The normalized spacial score (nSPS) is 14.9. The van der Waals surface area contributed by atoms with Crippen LogP contribution in [0.1, 0.15) is 47.0 Å². The molecule has 4 nitrogen and oxygen atoms in total. The number of carboxylic acids is 1. The van der Waals surface area contributed by atoms with E-state index in [0.717, 1.165) is 32.5 Å². The molecule has 2 N–H and O–H groups in total. The van der Waals surface area contributed by atoms with Crippen LogP contribution < -0.4 is 5.32 Å². The lowest BCUT2D eigenvalue weighted by atomic mass is 10.1. The van der Waals surface area contributed by atoms with Gasteiger partial charge in [-0.15, -0.1) is 0 Å². The molecule has 0 saturated heterocycles. The number of hydrogen-bond donors (Lipinski definition) is 2. The number of carboxylic acid groups (broad SMARTS) is 1. The lowest BCUT2D eigenvalue weighted by Crippen LogP contribution is -2.47. The Morgan fingerprint density at radius 2 is 1.88 bits per heavy atom. The third-order valence-corrected chi connectivity index (χ3v) is 3.06. The number of nitrogens with zero attached hydrogens (tertiary/aromatic N) is 1. The Morgan fingerprint density at radius 3 is 2.29 bits per heavy atom. The van der Waals surface area contributed by atoms with Gasteiger partial charge < -0.3 is 15.3 Å². The van der Waals surface area contributed by atoms with Crippen LogP contribution in [0.2, 0.25) is 0 Å². The second-order valence-electron chi connectivity index (χ2n) is 4.59. The zero-order valence-electron chi connectivity index (χ0n) is 11.7. The minimum Gasteiger partial charge on any atom is -0.480 e. The van der Waals surface area contributed by atoms with Gasteiger partial charge in [-0.2, -0.15) is 0 Å². The fourth-order valence-corrected chi connectivity index (χ4v) is 1.95. The highest BCUT2D eigenvalue weighted by Crippen LogP contribution is 2.03. The molecule has 0 bridgehead atoms. The van der Waals surface area contributed by atoms with Gasteiger partial charge in [0.25, 0.3) is 0 Å². The van der Waals surface area contributed by atoms with Crippen molar-refractivity contribution in [3.8, 4) is 0 Å². The maximum Gasteiger partial charge on any atom is 0.320 e. The molecule has 0 aliphatic rings. The summed E-state index contributed by atoms with van der Waals surface area (Å²) in [4.78, 5) is 13.4. The highest BCUT2D eigenvalue weighted by atomic mass is 16.4. The minimum absolute atomic E-state index is 0.216. The van der Waals surface area contributed by atoms with Crippen molar-refractivity contribution >= 4 is 5.97 Å². The Labute approximate surface area is 105 Å². The van der Waals surface area contributed by atoms with Gasteiger partial charge >= 0.3 is 5.97 Å². The molecule has 102 valence electrons. The third-order valence-electron chi connectivity index (χ3n) is 3.06. The molecule has 0 amide bonds. The minimum atomic E-state index is -0.732. The molecule has 2 atom stereocenters. The number of aliphatic carboxylic acids is 1. The van der Waals surface area contributed by atoms with Crippen LogP contribution in [0.4, 0.5) is 0 Å². The van der Waals surface area contributed by atoms with Gasteiger partial charge in [0, 0.05) is 12.6 Å². The van der Waals surface area contributed by atoms with Gasteiger partial charge in [0.2, 0.25) is 0 Å². The fourth-order valence-electron chi connectivity index (χ4n) is 1.95. The SMILES string of the molecule is CCCCC(NC(C)CN(CC)CC)C(=O)O. The number of likely N-dealkylation sites (N-methyl/N-ethyl adjacent to an activating group) is 1. The zero-order chi connectivity index (χ0) is 13.3. The molecule has 0 aliphatic carbocycles. The van der Waals surface area contributed by atoms with Gasteiger partial charge in [-0.3, -0.25) is 4.79 Å². The van der Waals surface area contributed by atoms with E-state index in [1.54, 1.807) is 0 Å². The summed E-state index contributed by atoms with van der Waals surface area (Å²) in [6.45, 7) is 11.3. The molecular weight excluding hydrogens is 216 g/mol. The van der Waals surface area contributed by atoms with Crippen LogP contribution in [0.5, 0.6) is 0 Å². The van der Waals surface area contributed by atoms with Crippen LogP contribution in [0.15, 0.2) is 0 Å². The number of hydrogen-bond acceptors (Lipinski definition) is 3. The van der Waals surface area contributed by atoms with Crippen molar-refractivity contribution in [2.45, 2.75) is 59.0 Å². The van der Waals surface area contributed by atoms with Crippen molar-refractivity contribution in [3.05, 3.63) is 0 Å². The average molecular weight is 244 g/mol. The molecule has 0 heterocycles. The van der Waals surface area contributed by atoms with Gasteiger partial charge in [-0.25, -0.2) is 0 Å². The second kappa shape index (κ2) is 9.42. The van der Waals surface area contributed by atoms with Crippen LogP contribution in [-0.4, -0.2) is 47.7 Å². The average Bonchev–Trinajstić information content (AvgIpc) is 2.30. The van der Waals surface area contributed by atoms with Gasteiger partial charge in [-0.05, 0) is 26.4 Å². The zero-order valence-corrected chi connectivity index (χ0v) is 11.7. The first-order valence-corrected chi connectivity index (χ1v) is 6.76. The maximum absolute atomic E-state index is 11.1. The molecule has 0 aromatic rings. The molecular formula is C13H28N2O2. The Balaban J connectivity index is 4.10. The summed E-state index contributed by atoms with van der Waals surface area (Å²) >= 11 is 0. The predicted molar refractivity (Wildman–Crippen MR) is 71.3 cm³/mol. The summed E-state index contributed by atoms with van der Waals surface area (Å²) < 4.78 is 0. The summed E-state index contributed by atoms with van der Waals surface area (Å²) in [6.07, 6.45) is 2.71. The Morgan fingerprint density at radius 1 is 1.29 bits per heavy atom. The third kappa shape index (κ3) is 7.34. The molecule has 0 radical (unpaired) electrons. The summed E-state index contributed by atoms with van der Waals surface area (Å²) in [5.41, 5.74) is 0. The Kier molecular flexibility index (Phi) is 9.09. The number of nitrogens with one attached hydrogen (secondary N) is 1. The van der Waals surface area contributed by atoms with Gasteiger partial charge in [0.1, 0.15) is 6.04 Å². The van der Waals surface area contributed by atoms with Crippen molar-refractivity contribution < 1.29 is 9.90 Å². The lowest BCUT2D eigenvalue weighted by molar-refractivity contribution is -0.139. The second-order valence-corrected chi connectivity index (χ2v) is 4.59. The predicted octanol–water partition coefficient (Wildman–Crippen LogP) is 1.95. The summed E-state index contributed by atoms with van der Waals surface area (Å²) in [6, 6.07) is -0.187. The standard InChI is InChI=1S/C13H28N2O2/c1-5-8-9-12(13(16)17)14-11(4)10-15(6-2)7-3/h11-12,14H,5-10H2,1-4H3,(H,16,17). The van der Waals surface area contributed by atoms with Crippen LogP contribution in [-0.2, 0) is 4.79 Å². The van der Waals surface area contributed by atoms with E-state index in [1.165, 1.54) is 0 Å². The molecule has 0 fully saturated rings. The summed E-state index contributed by atoms with van der Waals surface area (Å²) in [7, 11) is 0. The van der Waals surface area contributed by atoms with Crippen LogP contribution in [0.25, 0.3) is 0 Å². The van der Waals surface area contributed by atoms with E-state index < -0.39 is 12.0 Å². The van der Waals surface area contributed by atoms with E-state index in [-0.39, 0.29) is 6.04 Å². The highest BCUT2D eigenvalue weighted by Gasteiger charge is 2.19. The van der Waals surface area contributed by atoms with E-state index in [2.05, 4.69) is 37.9 Å². The van der Waals surface area contributed by atoms with Crippen LogP contribution >= 0.6 is 0 Å². The van der Waals surface area contributed by atoms with Crippen LogP contribution in [0, 0.1) is 0 Å². The van der Waals surface area contributed by atoms with Gasteiger partial charge in [0.05, 0.1) is 0 Å². The molecule has 4 heteroatoms. The van der Waals surface area contributed by atoms with Crippen molar-refractivity contribution in [2.24, 2.45) is 0 Å². The van der Waals surface area contributed by atoms with Crippen molar-refractivity contribution in [2.75, 3.05) is 19.6 Å². The number of carbonyl (C=O) groups is 1. The fraction of sp³-hybridized carbons (Fsp3) is 0.923. The highest BCUT2D eigenvalue weighted by molar-refractivity contribution is 5.73. The summed E-state index contributed by atoms with van der Waals surface area (Å²) in [5.74, 6) is -0.732. The Bertz CT molecular complexity index is 206. The van der Waals surface area contributed by atoms with Crippen molar-refractivity contribution in [3.63, 3.8) is 0 Å². The molecule has 0 aliphatic heterocycles. The molecule has 0 aromatic heterocycles. The van der Waals surface area contributed by atoms with Crippen molar-refractivity contribution in [1.29, 1.82) is 0 Å². The largest absolute Gasteiger partial charge is 0.480 e. The van der Waals surface area contributed by atoms with Crippen LogP contribution in [0.3, 0.4) is 0 Å². The number of unbranched alkanes of at least 4 members (excludes halogenated alkanes) is 1. The van der Waals surface area contributed by atoms with Crippen molar-refractivity contribution in [1.82, 2.24) is 10.2 Å². The maximum atomic E-state index is 11.1. The van der Waals surface area contributed by atoms with E-state index in [9.17, 15) is 4.79 Å². The first-order chi connectivity index (χ1) is 8.04. The first-order valence-electron chi connectivity index (χ1n) is 6.76. The molecule has 0 spiro atoms. The topological polar surface area (TPSA) is 52.6 Å². The lowest BCUT2D eigenvalue weighted by Gasteiger charge is -2.26. The van der Waals surface area contributed by atoms with E-state index >= 15 is 0 Å². The van der Waals surface area contributed by atoms with Gasteiger partial charge in [0.15, 0.2) is 0 Å². The Hall–Kier alpha value is -0.610.